The lowest BCUT2D eigenvalue weighted by Crippen LogP contribution is -2.37. The fraction of sp³-hybridized carbons (Fsp3) is 0.500. The molecule has 0 radical (unpaired) electrons. The summed E-state index contributed by atoms with van der Waals surface area (Å²) in [6, 6.07) is 0. The van der Waals surface area contributed by atoms with Crippen molar-refractivity contribution in [2.24, 2.45) is 0 Å². The summed E-state index contributed by atoms with van der Waals surface area (Å²) in [6.07, 6.45) is -4.60. The molecule has 0 bridgehead atoms. The quantitative estimate of drug-likeness (QED) is 0.434. The molecule has 1 N–H and O–H groups in total. The minimum absolute atomic E-state index is 0.336. The van der Waals surface area contributed by atoms with E-state index in [1.54, 1.807) is 0 Å². The van der Waals surface area contributed by atoms with Crippen molar-refractivity contribution in [3.05, 3.63) is 0 Å². The van der Waals surface area contributed by atoms with Gasteiger partial charge >= 0.3 is 16.4 Å². The van der Waals surface area contributed by atoms with Crippen LogP contribution in [-0.2, 0) is 28.6 Å². The molecule has 0 aromatic carbocycles. The Morgan fingerprint density at radius 3 is 2.08 bits per heavy atom. The third kappa shape index (κ3) is 2.35. The molecule has 6 nitrogen and oxygen atoms in total. The molecule has 10 heteroatoms. The molecule has 0 saturated heterocycles. The standard InChI is InChI=1S/C2H2F2O6S2/c3-2(4)9-11(5,6)1-12(7,8)10-2/h1H,(H,5,6). The van der Waals surface area contributed by atoms with Crippen molar-refractivity contribution in [2.75, 3.05) is 0 Å². The highest BCUT2D eigenvalue weighted by molar-refractivity contribution is 8.15. The summed E-state index contributed by atoms with van der Waals surface area (Å²) >= 11 is 0. The Morgan fingerprint density at radius 2 is 1.75 bits per heavy atom. The molecule has 0 saturated carbocycles. The summed E-state index contributed by atoms with van der Waals surface area (Å²) in [5.41, 5.74) is 0. The number of halogens is 2. The molecule has 1 aliphatic heterocycles. The van der Waals surface area contributed by atoms with Crippen LogP contribution < -0.4 is 0 Å². The summed E-state index contributed by atoms with van der Waals surface area (Å²) in [4.78, 5) is 0. The molecule has 0 fully saturated rings. The van der Waals surface area contributed by atoms with Crippen LogP contribution >= 0.6 is 0 Å². The maximum atomic E-state index is 12.0. The first kappa shape index (κ1) is 9.80. The zero-order valence-electron chi connectivity index (χ0n) is 5.14. The summed E-state index contributed by atoms with van der Waals surface area (Å²) in [5.74, 6) is 0. The number of hydrogen-bond donors (Lipinski definition) is 1. The highest BCUT2D eigenvalue weighted by Gasteiger charge is 2.46. The fourth-order valence-corrected chi connectivity index (χ4v) is 2.64. The Kier molecular flexibility index (Phi) is 1.92. The van der Waals surface area contributed by atoms with Gasteiger partial charge in [-0.15, -0.1) is 8.78 Å². The first-order chi connectivity index (χ1) is 5.12. The predicted octanol–water partition coefficient (Wildman–Crippen LogP) is -0.655. The van der Waals surface area contributed by atoms with E-state index in [4.69, 9.17) is 4.55 Å². The van der Waals surface area contributed by atoms with Crippen molar-refractivity contribution >= 4 is 24.9 Å². The van der Waals surface area contributed by atoms with Gasteiger partial charge in [-0.25, -0.2) is 4.21 Å². The minimum Gasteiger partial charge on any atom is -0.293 e. The van der Waals surface area contributed by atoms with E-state index in [2.05, 4.69) is 8.37 Å². The zero-order chi connectivity index (χ0) is 9.62. The van der Waals surface area contributed by atoms with Crippen LogP contribution in [0.15, 0.2) is 0 Å². The highest BCUT2D eigenvalue weighted by atomic mass is 32.3. The van der Waals surface area contributed by atoms with Gasteiger partial charge in [-0.2, -0.15) is 16.8 Å². The second-order valence-corrected chi connectivity index (χ2v) is 4.85. The lowest BCUT2D eigenvalue weighted by atomic mass is 11.3. The van der Waals surface area contributed by atoms with Gasteiger partial charge < -0.3 is 0 Å². The smallest absolute Gasteiger partial charge is 0.293 e. The van der Waals surface area contributed by atoms with E-state index in [0.29, 0.717) is 0 Å². The monoisotopic (exact) mass is 224 g/mol. The second kappa shape index (κ2) is 2.35. The molecule has 0 amide bonds. The molecule has 1 atom stereocenters. The largest absolute Gasteiger partial charge is 0.514 e. The third-order valence-corrected chi connectivity index (χ3v) is 3.44. The topological polar surface area (TPSA) is 89.9 Å². The molecule has 12 heavy (non-hydrogen) atoms. The van der Waals surface area contributed by atoms with Crippen molar-refractivity contribution in [3.8, 4) is 0 Å². The maximum Gasteiger partial charge on any atom is 0.514 e. The summed E-state index contributed by atoms with van der Waals surface area (Å²) in [6.45, 7) is 0. The van der Waals surface area contributed by atoms with Gasteiger partial charge in [0.05, 0.1) is 0 Å². The molecule has 1 heterocycles. The van der Waals surface area contributed by atoms with Gasteiger partial charge in [-0.05, 0) is 0 Å². The van der Waals surface area contributed by atoms with Crippen LogP contribution in [0.4, 0.5) is 8.78 Å². The lowest BCUT2D eigenvalue weighted by Gasteiger charge is -2.18. The average Bonchev–Trinajstić information content (AvgIpc) is 1.44. The first-order valence-corrected chi connectivity index (χ1v) is 5.25. The van der Waals surface area contributed by atoms with Gasteiger partial charge in [0.25, 0.3) is 0 Å². The van der Waals surface area contributed by atoms with Crippen molar-refractivity contribution < 1.29 is 34.3 Å². The lowest BCUT2D eigenvalue weighted by molar-refractivity contribution is -0.304. The van der Waals surface area contributed by atoms with Crippen LogP contribution in [0.1, 0.15) is 0 Å². The Labute approximate surface area is 66.2 Å². The van der Waals surface area contributed by atoms with E-state index in [0.717, 1.165) is 0 Å². The normalized spacial score (nSPS) is 38.6. The average molecular weight is 224 g/mol. The number of rotatable bonds is 0. The van der Waals surface area contributed by atoms with Gasteiger partial charge in [-0.1, -0.05) is 0 Å². The van der Waals surface area contributed by atoms with Gasteiger partial charge in [0.1, 0.15) is 0 Å². The molecule has 0 aromatic rings. The van der Waals surface area contributed by atoms with Crippen LogP contribution in [0, 0.1) is 0 Å². The van der Waals surface area contributed by atoms with Crippen molar-refractivity contribution in [1.29, 1.82) is 0 Å². The Bertz CT molecular complexity index is 399. The van der Waals surface area contributed by atoms with E-state index in [1.807, 2.05) is 0 Å². The molecule has 0 spiro atoms. The van der Waals surface area contributed by atoms with Crippen LogP contribution in [0.5, 0.6) is 0 Å². The van der Waals surface area contributed by atoms with Crippen LogP contribution in [0.3, 0.4) is 0 Å². The highest BCUT2D eigenvalue weighted by Crippen LogP contribution is 2.25. The molecular formula is C2H2F2O6S2. The van der Waals surface area contributed by atoms with E-state index in [-0.39, 0.29) is 4.70 Å². The van der Waals surface area contributed by atoms with E-state index < -0.39 is 26.5 Å². The number of hydrogen-bond acceptors (Lipinski definition) is 5. The Balaban J connectivity index is 3.32. The van der Waals surface area contributed by atoms with Gasteiger partial charge in [0.15, 0.2) is 4.70 Å². The SMILES string of the molecule is O=S1(=O)C=S(=O)(O)OC(F)(F)O1. The minimum atomic E-state index is -4.82. The predicted molar refractivity (Wildman–Crippen MR) is 32.9 cm³/mol. The van der Waals surface area contributed by atoms with E-state index in [9.17, 15) is 21.4 Å². The van der Waals surface area contributed by atoms with E-state index in [1.165, 1.54) is 0 Å². The van der Waals surface area contributed by atoms with Crippen molar-refractivity contribution in [2.45, 2.75) is 6.29 Å². The zero-order valence-corrected chi connectivity index (χ0v) is 6.77. The molecule has 1 aliphatic rings. The van der Waals surface area contributed by atoms with Gasteiger partial charge in [0.2, 0.25) is 10.1 Å². The van der Waals surface area contributed by atoms with E-state index >= 15 is 0 Å². The van der Waals surface area contributed by atoms with Crippen LogP contribution in [0.25, 0.3) is 0 Å². The molecule has 72 valence electrons. The van der Waals surface area contributed by atoms with Crippen LogP contribution in [-0.4, -0.2) is 28.2 Å². The molecule has 1 rings (SSSR count). The van der Waals surface area contributed by atoms with Crippen molar-refractivity contribution in [3.63, 3.8) is 0 Å². The Hall–Kier alpha value is -0.290. The maximum absolute atomic E-state index is 12.0. The fourth-order valence-electron chi connectivity index (χ4n) is 0.476. The Morgan fingerprint density at radius 1 is 1.25 bits per heavy atom. The molecular weight excluding hydrogens is 222 g/mol. The summed E-state index contributed by atoms with van der Waals surface area (Å²) < 4.78 is 69.1. The number of alkyl halides is 2. The molecule has 0 aliphatic carbocycles. The first-order valence-electron chi connectivity index (χ1n) is 2.27. The summed E-state index contributed by atoms with van der Waals surface area (Å²) in [7, 11) is -9.46. The van der Waals surface area contributed by atoms with Gasteiger partial charge in [-0.3, -0.25) is 4.55 Å². The van der Waals surface area contributed by atoms with Crippen LogP contribution in [0.2, 0.25) is 0 Å². The summed E-state index contributed by atoms with van der Waals surface area (Å²) in [5, 5.41) is 0. The third-order valence-electron chi connectivity index (χ3n) is 0.669. The molecule has 1 unspecified atom stereocenters. The second-order valence-electron chi connectivity index (χ2n) is 1.73. The van der Waals surface area contributed by atoms with Crippen molar-refractivity contribution in [1.82, 2.24) is 0 Å². The van der Waals surface area contributed by atoms with Gasteiger partial charge in [0, 0.05) is 0 Å². The molecule has 0 aromatic heterocycles.